The van der Waals surface area contributed by atoms with Gasteiger partial charge in [0.1, 0.15) is 24.4 Å². The van der Waals surface area contributed by atoms with Gasteiger partial charge in [-0.15, -0.1) is 0 Å². The topological polar surface area (TPSA) is 187 Å². The summed E-state index contributed by atoms with van der Waals surface area (Å²) in [6.45, 7) is 9.08. The van der Waals surface area contributed by atoms with Crippen LogP contribution in [0.15, 0.2) is 11.8 Å². The van der Waals surface area contributed by atoms with Crippen LogP contribution < -0.4 is 0 Å². The number of imide groups is 1. The first kappa shape index (κ1) is 33.9. The molecule has 0 aromatic rings. The van der Waals surface area contributed by atoms with Crippen LogP contribution in [0.5, 0.6) is 0 Å². The number of ether oxygens (including phenoxy) is 7. The summed E-state index contributed by atoms with van der Waals surface area (Å²) in [5.74, 6) is -6.02. The van der Waals surface area contributed by atoms with Crippen LogP contribution in [0.4, 0.5) is 4.79 Å². The Bertz CT molecular complexity index is 1040. The lowest BCUT2D eigenvalue weighted by Crippen LogP contribution is -2.64. The van der Waals surface area contributed by atoms with E-state index in [9.17, 15) is 33.6 Å². The number of rotatable bonds is 9. The highest BCUT2D eigenvalue weighted by atomic mass is 16.6. The Morgan fingerprint density at radius 2 is 1.48 bits per heavy atom. The fourth-order valence-corrected chi connectivity index (χ4v) is 3.68. The molecular weight excluding hydrogens is 538 g/mol. The number of nitrogens with zero attached hydrogens (tertiary/aromatic N) is 1. The van der Waals surface area contributed by atoms with E-state index in [-0.39, 0.29) is 0 Å². The zero-order valence-corrected chi connectivity index (χ0v) is 23.8. The van der Waals surface area contributed by atoms with E-state index in [0.29, 0.717) is 4.90 Å². The van der Waals surface area contributed by atoms with Crippen molar-refractivity contribution in [1.82, 2.24) is 4.90 Å². The molecule has 0 aromatic carbocycles. The van der Waals surface area contributed by atoms with E-state index in [1.54, 1.807) is 0 Å². The molecule has 1 heterocycles. The first-order valence-electron chi connectivity index (χ1n) is 12.0. The van der Waals surface area contributed by atoms with Crippen molar-refractivity contribution in [3.8, 4) is 0 Å². The molecule has 5 atom stereocenters. The molecule has 15 nitrogen and oxygen atoms in total. The second kappa shape index (κ2) is 14.3. The minimum Gasteiger partial charge on any atom is -0.477 e. The summed E-state index contributed by atoms with van der Waals surface area (Å²) in [6, 6.07) is -1.66. The molecule has 0 saturated carbocycles. The Morgan fingerprint density at radius 1 is 0.900 bits per heavy atom. The zero-order chi connectivity index (χ0) is 30.9. The lowest BCUT2D eigenvalue weighted by molar-refractivity contribution is -0.197. The van der Waals surface area contributed by atoms with Crippen molar-refractivity contribution in [1.29, 1.82) is 0 Å². The Balaban J connectivity index is 3.97. The van der Waals surface area contributed by atoms with Crippen LogP contribution in [0.3, 0.4) is 0 Å². The summed E-state index contributed by atoms with van der Waals surface area (Å²) < 4.78 is 36.8. The van der Waals surface area contributed by atoms with Gasteiger partial charge in [0, 0.05) is 40.7 Å². The highest BCUT2D eigenvalue weighted by Gasteiger charge is 2.53. The summed E-state index contributed by atoms with van der Waals surface area (Å²) in [7, 11) is 1.03. The molecule has 0 radical (unpaired) electrons. The SMILES string of the molecule is COC(=O)C1=C[C@H](OC(C)=O)[C@@H](N(C(C)=O)C(=O)OC(C)(C)C)C([C@H](OC(C)=O)[C@@H](COC(C)=O)OC(C)=O)O1. The molecule has 0 saturated heterocycles. The molecule has 0 aliphatic carbocycles. The highest BCUT2D eigenvalue weighted by Crippen LogP contribution is 2.32. The Kier molecular flexibility index (Phi) is 12.1. The normalized spacial score (nSPS) is 19.8. The van der Waals surface area contributed by atoms with Crippen molar-refractivity contribution in [3.05, 3.63) is 11.8 Å². The Hall–Kier alpha value is -4.17. The van der Waals surface area contributed by atoms with Crippen molar-refractivity contribution >= 4 is 41.8 Å². The maximum atomic E-state index is 13.3. The third kappa shape index (κ3) is 10.2. The minimum atomic E-state index is -1.76. The van der Waals surface area contributed by atoms with Gasteiger partial charge >= 0.3 is 35.9 Å². The molecule has 224 valence electrons. The monoisotopic (exact) mass is 573 g/mol. The Labute approximate surface area is 230 Å². The van der Waals surface area contributed by atoms with E-state index in [1.165, 1.54) is 20.8 Å². The predicted molar refractivity (Wildman–Crippen MR) is 131 cm³/mol. The number of esters is 5. The largest absolute Gasteiger partial charge is 0.477 e. The molecule has 1 aliphatic heterocycles. The quantitative estimate of drug-likeness (QED) is 0.280. The van der Waals surface area contributed by atoms with Crippen LogP contribution >= 0.6 is 0 Å². The van der Waals surface area contributed by atoms with Crippen molar-refractivity contribution in [2.75, 3.05) is 13.7 Å². The molecule has 15 heteroatoms. The summed E-state index contributed by atoms with van der Waals surface area (Å²) in [5, 5.41) is 0. The number of carbonyl (C=O) groups is 7. The zero-order valence-electron chi connectivity index (χ0n) is 23.8. The van der Waals surface area contributed by atoms with Crippen LogP contribution in [0.25, 0.3) is 0 Å². The van der Waals surface area contributed by atoms with Gasteiger partial charge in [-0.2, -0.15) is 0 Å². The van der Waals surface area contributed by atoms with Crippen molar-refractivity contribution < 1.29 is 66.7 Å². The van der Waals surface area contributed by atoms with Gasteiger partial charge in [0.15, 0.2) is 18.3 Å². The average molecular weight is 574 g/mol. The Morgan fingerprint density at radius 3 is 1.90 bits per heavy atom. The molecule has 0 bridgehead atoms. The molecular formula is C25H35NO14. The lowest BCUT2D eigenvalue weighted by atomic mass is 9.92. The van der Waals surface area contributed by atoms with Gasteiger partial charge in [-0.3, -0.25) is 24.0 Å². The van der Waals surface area contributed by atoms with Crippen molar-refractivity contribution in [2.24, 2.45) is 0 Å². The maximum Gasteiger partial charge on any atom is 0.417 e. The summed E-state index contributed by atoms with van der Waals surface area (Å²) in [6.07, 6.45) is -6.87. The number of methoxy groups -OCH3 is 1. The third-order valence-corrected chi connectivity index (χ3v) is 4.93. The van der Waals surface area contributed by atoms with E-state index in [2.05, 4.69) is 0 Å². The van der Waals surface area contributed by atoms with E-state index in [1.807, 2.05) is 0 Å². The first-order valence-corrected chi connectivity index (χ1v) is 12.0. The number of amides is 2. The number of carbonyl (C=O) groups excluding carboxylic acids is 7. The highest BCUT2D eigenvalue weighted by molar-refractivity contribution is 5.92. The summed E-state index contributed by atoms with van der Waals surface area (Å²) in [5.41, 5.74) is -1.09. The second-order valence-corrected chi connectivity index (χ2v) is 9.56. The fraction of sp³-hybridized carbons (Fsp3) is 0.640. The molecule has 0 fully saturated rings. The molecule has 0 spiro atoms. The lowest BCUT2D eigenvalue weighted by Gasteiger charge is -2.44. The van der Waals surface area contributed by atoms with Crippen LogP contribution in [0, 0.1) is 0 Å². The third-order valence-electron chi connectivity index (χ3n) is 4.93. The molecule has 0 N–H and O–H groups in total. The summed E-state index contributed by atoms with van der Waals surface area (Å²) in [4.78, 5) is 87.0. The van der Waals surface area contributed by atoms with Gasteiger partial charge in [0.25, 0.3) is 0 Å². The van der Waals surface area contributed by atoms with Gasteiger partial charge in [-0.05, 0) is 20.8 Å². The predicted octanol–water partition coefficient (Wildman–Crippen LogP) is 0.953. The van der Waals surface area contributed by atoms with Gasteiger partial charge in [0.05, 0.1) is 7.11 Å². The molecule has 40 heavy (non-hydrogen) atoms. The molecule has 2 amide bonds. The van der Waals surface area contributed by atoms with Crippen LogP contribution in [0.2, 0.25) is 0 Å². The minimum absolute atomic E-state index is 0.547. The second-order valence-electron chi connectivity index (χ2n) is 9.56. The molecule has 1 rings (SSSR count). The maximum absolute atomic E-state index is 13.3. The van der Waals surface area contributed by atoms with E-state index in [4.69, 9.17) is 33.2 Å². The van der Waals surface area contributed by atoms with Gasteiger partial charge in [-0.1, -0.05) is 0 Å². The van der Waals surface area contributed by atoms with E-state index in [0.717, 1.165) is 47.8 Å². The fourth-order valence-electron chi connectivity index (χ4n) is 3.68. The molecule has 1 aliphatic rings. The van der Waals surface area contributed by atoms with E-state index >= 15 is 0 Å². The van der Waals surface area contributed by atoms with Gasteiger partial charge < -0.3 is 33.2 Å². The van der Waals surface area contributed by atoms with Crippen LogP contribution in [0.1, 0.15) is 55.4 Å². The number of hydrogen-bond donors (Lipinski definition) is 0. The van der Waals surface area contributed by atoms with Crippen LogP contribution in [-0.4, -0.2) is 96.5 Å². The average Bonchev–Trinajstić information content (AvgIpc) is 2.78. The van der Waals surface area contributed by atoms with Crippen molar-refractivity contribution in [2.45, 2.75) is 91.4 Å². The smallest absolute Gasteiger partial charge is 0.417 e. The number of hydrogen-bond acceptors (Lipinski definition) is 14. The summed E-state index contributed by atoms with van der Waals surface area (Å²) >= 11 is 0. The molecule has 0 aromatic heterocycles. The van der Waals surface area contributed by atoms with E-state index < -0.39 is 90.3 Å². The molecule has 1 unspecified atom stereocenters. The van der Waals surface area contributed by atoms with Gasteiger partial charge in [-0.25, -0.2) is 14.5 Å². The van der Waals surface area contributed by atoms with Gasteiger partial charge in [0.2, 0.25) is 11.7 Å². The standard InChI is InChI=1S/C25H35NO14/c1-12(27)26(24(33)40-25(6,7)8)20-17(36-14(3)29)10-18(23(32)34-9)39-22(20)21(38-16(5)31)19(37-15(4)30)11-35-13(2)28/h10,17,19-22H,11H2,1-9H3/t17-,19+,20+,21+,22?/m0/s1. The van der Waals surface area contributed by atoms with Crippen molar-refractivity contribution in [3.63, 3.8) is 0 Å². The first-order chi connectivity index (χ1) is 18.4. The van der Waals surface area contributed by atoms with Crippen LogP contribution in [-0.2, 0) is 61.9 Å².